The minimum atomic E-state index is -3.93. The molecule has 1 aliphatic heterocycles. The number of benzene rings is 2. The van der Waals surface area contributed by atoms with E-state index in [1.807, 2.05) is 6.92 Å². The summed E-state index contributed by atoms with van der Waals surface area (Å²) in [6.45, 7) is 2.55. The van der Waals surface area contributed by atoms with E-state index in [9.17, 15) is 22.0 Å². The van der Waals surface area contributed by atoms with Crippen molar-refractivity contribution >= 4 is 21.6 Å². The Morgan fingerprint density at radius 3 is 2.25 bits per heavy atom. The molecule has 1 aliphatic rings. The van der Waals surface area contributed by atoms with Gasteiger partial charge in [0.2, 0.25) is 15.9 Å². The first-order valence-electron chi connectivity index (χ1n) is 9.16. The molecule has 1 saturated heterocycles. The Labute approximate surface area is 163 Å². The van der Waals surface area contributed by atoms with Crippen LogP contribution in [0.2, 0.25) is 0 Å². The molecular formula is C20H22F2N2O3S. The summed E-state index contributed by atoms with van der Waals surface area (Å²) in [7, 11) is -3.93. The van der Waals surface area contributed by atoms with Crippen molar-refractivity contribution in [3.63, 3.8) is 0 Å². The maximum atomic E-state index is 13.9. The van der Waals surface area contributed by atoms with Gasteiger partial charge in [-0.2, -0.15) is 4.31 Å². The third-order valence-electron chi connectivity index (χ3n) is 4.98. The number of rotatable bonds is 5. The molecule has 3 rings (SSSR count). The number of carbonyl (C=O) groups excluding carboxylic acids is 1. The monoisotopic (exact) mass is 408 g/mol. The van der Waals surface area contributed by atoms with Crippen LogP contribution in [0.4, 0.5) is 14.5 Å². The molecule has 0 unspecified atom stereocenters. The topological polar surface area (TPSA) is 57.7 Å². The number of hydrogen-bond acceptors (Lipinski definition) is 3. The van der Waals surface area contributed by atoms with Crippen LogP contribution in [0.15, 0.2) is 53.4 Å². The van der Waals surface area contributed by atoms with E-state index < -0.39 is 15.8 Å². The highest BCUT2D eigenvalue weighted by atomic mass is 32.2. The van der Waals surface area contributed by atoms with Crippen molar-refractivity contribution < 1.29 is 22.0 Å². The van der Waals surface area contributed by atoms with E-state index in [0.717, 1.165) is 6.07 Å². The van der Waals surface area contributed by atoms with Gasteiger partial charge in [0.1, 0.15) is 16.5 Å². The van der Waals surface area contributed by atoms with Gasteiger partial charge in [-0.25, -0.2) is 17.2 Å². The molecule has 0 radical (unpaired) electrons. The molecule has 1 heterocycles. The van der Waals surface area contributed by atoms with Gasteiger partial charge in [0.05, 0.1) is 0 Å². The normalized spacial score (nSPS) is 16.1. The Balaban J connectivity index is 1.70. The molecule has 1 amide bonds. The van der Waals surface area contributed by atoms with Crippen molar-refractivity contribution in [1.29, 1.82) is 0 Å². The molecule has 28 heavy (non-hydrogen) atoms. The predicted octanol–water partition coefficient (Wildman–Crippen LogP) is 3.42. The van der Waals surface area contributed by atoms with E-state index in [1.165, 1.54) is 34.6 Å². The van der Waals surface area contributed by atoms with Crippen LogP contribution in [0.1, 0.15) is 19.8 Å². The second-order valence-corrected chi connectivity index (χ2v) is 8.57. The number of hydrogen-bond donors (Lipinski definition) is 0. The second-order valence-electron chi connectivity index (χ2n) is 6.67. The minimum Gasteiger partial charge on any atom is -0.312 e. The van der Waals surface area contributed by atoms with Crippen LogP contribution in [0.25, 0.3) is 0 Å². The molecule has 2 aromatic carbocycles. The van der Waals surface area contributed by atoms with Crippen molar-refractivity contribution in [3.05, 3.63) is 60.2 Å². The Morgan fingerprint density at radius 1 is 1.07 bits per heavy atom. The number of nitrogens with zero attached hydrogens (tertiary/aromatic N) is 2. The van der Waals surface area contributed by atoms with E-state index in [4.69, 9.17) is 0 Å². The first-order valence-corrected chi connectivity index (χ1v) is 10.6. The molecule has 2 aromatic rings. The molecule has 0 spiro atoms. The number of sulfonamides is 1. The van der Waals surface area contributed by atoms with Crippen LogP contribution >= 0.6 is 0 Å². The average Bonchev–Trinajstić information content (AvgIpc) is 2.70. The van der Waals surface area contributed by atoms with Crippen LogP contribution in [0.5, 0.6) is 0 Å². The summed E-state index contributed by atoms with van der Waals surface area (Å²) in [5.41, 5.74) is 0.607. The van der Waals surface area contributed by atoms with Crippen molar-refractivity contribution in [2.24, 2.45) is 5.92 Å². The molecule has 5 nitrogen and oxygen atoms in total. The molecule has 0 bridgehead atoms. The number of piperidine rings is 1. The first kappa shape index (κ1) is 20.4. The lowest BCUT2D eigenvalue weighted by molar-refractivity contribution is -0.123. The summed E-state index contributed by atoms with van der Waals surface area (Å²) in [4.78, 5) is 14.1. The summed E-state index contributed by atoms with van der Waals surface area (Å²) < 4.78 is 53.7. The Morgan fingerprint density at radius 2 is 1.68 bits per heavy atom. The highest BCUT2D eigenvalue weighted by Crippen LogP contribution is 2.28. The van der Waals surface area contributed by atoms with Crippen molar-refractivity contribution in [1.82, 2.24) is 4.31 Å². The number of amides is 1. The molecule has 0 aromatic heterocycles. The Kier molecular flexibility index (Phi) is 6.10. The summed E-state index contributed by atoms with van der Waals surface area (Å²) in [6, 6.07) is 11.0. The number of carbonyl (C=O) groups is 1. The summed E-state index contributed by atoms with van der Waals surface area (Å²) in [5.74, 6) is -1.61. The van der Waals surface area contributed by atoms with Crippen LogP contribution in [-0.2, 0) is 14.8 Å². The predicted molar refractivity (Wildman–Crippen MR) is 102 cm³/mol. The quantitative estimate of drug-likeness (QED) is 0.762. The number of anilines is 1. The van der Waals surface area contributed by atoms with Gasteiger partial charge in [-0.05, 0) is 56.2 Å². The zero-order valence-corrected chi connectivity index (χ0v) is 16.3. The van der Waals surface area contributed by atoms with Crippen molar-refractivity contribution in [2.45, 2.75) is 24.7 Å². The zero-order valence-electron chi connectivity index (χ0n) is 15.5. The fraction of sp³-hybridized carbons (Fsp3) is 0.350. The molecule has 0 atom stereocenters. The smallest absolute Gasteiger partial charge is 0.245 e. The Hall–Kier alpha value is -2.32. The molecular weight excluding hydrogens is 386 g/mol. The standard InChI is InChI=1S/C20H22F2N2O3S/c1-2-24(17-9-7-16(21)8-10-17)20(25)15-11-13-23(14-12-15)28(26,27)19-6-4-3-5-18(19)22/h3-10,15H,2,11-14H2,1H3. The van der Waals surface area contributed by atoms with Crippen molar-refractivity contribution in [3.8, 4) is 0 Å². The van der Waals surface area contributed by atoms with Gasteiger partial charge in [-0.1, -0.05) is 12.1 Å². The lowest BCUT2D eigenvalue weighted by Gasteiger charge is -2.33. The van der Waals surface area contributed by atoms with Crippen LogP contribution in [-0.4, -0.2) is 38.3 Å². The van der Waals surface area contributed by atoms with E-state index in [0.29, 0.717) is 25.1 Å². The zero-order chi connectivity index (χ0) is 20.3. The molecule has 150 valence electrons. The van der Waals surface area contributed by atoms with Gasteiger partial charge in [0.15, 0.2) is 0 Å². The van der Waals surface area contributed by atoms with Gasteiger partial charge in [0.25, 0.3) is 0 Å². The lowest BCUT2D eigenvalue weighted by atomic mass is 9.96. The van der Waals surface area contributed by atoms with Crippen molar-refractivity contribution in [2.75, 3.05) is 24.5 Å². The maximum Gasteiger partial charge on any atom is 0.245 e. The summed E-state index contributed by atoms with van der Waals surface area (Å²) in [6.07, 6.45) is 0.703. The molecule has 0 N–H and O–H groups in total. The highest BCUT2D eigenvalue weighted by molar-refractivity contribution is 7.89. The van der Waals surface area contributed by atoms with Crippen LogP contribution in [0, 0.1) is 17.6 Å². The van der Waals surface area contributed by atoms with Crippen LogP contribution < -0.4 is 4.90 Å². The lowest BCUT2D eigenvalue weighted by Crippen LogP contribution is -2.44. The van der Waals surface area contributed by atoms with Gasteiger partial charge < -0.3 is 4.90 Å². The third-order valence-corrected chi connectivity index (χ3v) is 6.91. The fourth-order valence-electron chi connectivity index (χ4n) is 3.44. The van der Waals surface area contributed by atoms with Crippen LogP contribution in [0.3, 0.4) is 0 Å². The summed E-state index contributed by atoms with van der Waals surface area (Å²) >= 11 is 0. The van der Waals surface area contributed by atoms with Gasteiger partial charge >= 0.3 is 0 Å². The van der Waals surface area contributed by atoms with Gasteiger partial charge in [-0.3, -0.25) is 4.79 Å². The minimum absolute atomic E-state index is 0.114. The average molecular weight is 408 g/mol. The first-order chi connectivity index (χ1) is 13.3. The third kappa shape index (κ3) is 4.07. The number of halogens is 2. The van der Waals surface area contributed by atoms with E-state index in [2.05, 4.69) is 0 Å². The molecule has 1 fully saturated rings. The Bertz CT molecular complexity index is 940. The maximum absolute atomic E-state index is 13.9. The largest absolute Gasteiger partial charge is 0.312 e. The van der Waals surface area contributed by atoms with Gasteiger partial charge in [0, 0.05) is 31.2 Å². The molecule has 0 aliphatic carbocycles. The second kappa shape index (κ2) is 8.36. The SMILES string of the molecule is CCN(C(=O)C1CCN(S(=O)(=O)c2ccccc2F)CC1)c1ccc(F)cc1. The molecule has 0 saturated carbocycles. The van der Waals surface area contributed by atoms with E-state index in [1.54, 1.807) is 17.0 Å². The highest BCUT2D eigenvalue weighted by Gasteiger charge is 2.34. The van der Waals surface area contributed by atoms with Gasteiger partial charge in [-0.15, -0.1) is 0 Å². The van der Waals surface area contributed by atoms with E-state index in [-0.39, 0.29) is 35.6 Å². The fourth-order valence-corrected chi connectivity index (χ4v) is 4.98. The van der Waals surface area contributed by atoms with E-state index >= 15 is 0 Å². The molecule has 8 heteroatoms. The summed E-state index contributed by atoms with van der Waals surface area (Å²) in [5, 5.41) is 0.